The second kappa shape index (κ2) is 4.78. The van der Waals surface area contributed by atoms with Crippen LogP contribution in [-0.2, 0) is 0 Å². The molecule has 5 heteroatoms. The fraction of sp³-hybridized carbons (Fsp3) is 0.250. The topological polar surface area (TPSA) is 60.0 Å². The fourth-order valence-corrected chi connectivity index (χ4v) is 1.44. The molecule has 0 atom stereocenters. The molecule has 0 saturated heterocycles. The summed E-state index contributed by atoms with van der Waals surface area (Å²) < 4.78 is 10.2. The van der Waals surface area contributed by atoms with E-state index in [-0.39, 0.29) is 0 Å². The Morgan fingerprint density at radius 1 is 1.18 bits per heavy atom. The second-order valence-corrected chi connectivity index (χ2v) is 3.54. The zero-order valence-electron chi connectivity index (χ0n) is 9.97. The number of rotatable bonds is 3. The summed E-state index contributed by atoms with van der Waals surface area (Å²) in [6.07, 6.45) is 0. The molecular weight excluding hydrogens is 218 g/mol. The Bertz CT molecular complexity index is 527. The molecule has 17 heavy (non-hydrogen) atoms. The number of ether oxygens (including phenoxy) is 1. The molecule has 0 amide bonds. The van der Waals surface area contributed by atoms with E-state index in [0.717, 1.165) is 5.69 Å². The molecule has 0 aliphatic carbocycles. The molecule has 1 aromatic heterocycles. The first-order chi connectivity index (χ1) is 8.22. The molecule has 0 unspecified atom stereocenters. The summed E-state index contributed by atoms with van der Waals surface area (Å²) in [5.41, 5.74) is 2.06. The van der Waals surface area contributed by atoms with Gasteiger partial charge < -0.3 is 9.26 Å². The number of benzene rings is 1. The van der Waals surface area contributed by atoms with Crippen LogP contribution in [0.15, 0.2) is 39.0 Å². The van der Waals surface area contributed by atoms with Crippen LogP contribution in [0.1, 0.15) is 11.5 Å². The van der Waals surface area contributed by atoms with E-state index < -0.39 is 0 Å². The second-order valence-electron chi connectivity index (χ2n) is 3.54. The van der Waals surface area contributed by atoms with Crippen LogP contribution in [0.2, 0.25) is 0 Å². The summed E-state index contributed by atoms with van der Waals surface area (Å²) in [7, 11) is 1.60. The highest BCUT2D eigenvalue weighted by molar-refractivity contribution is 5.52. The summed E-state index contributed by atoms with van der Waals surface area (Å²) in [5.74, 6) is 1.34. The first-order valence-corrected chi connectivity index (χ1v) is 5.20. The maximum absolute atomic E-state index is 5.18. The van der Waals surface area contributed by atoms with Gasteiger partial charge in [0.15, 0.2) is 11.4 Å². The van der Waals surface area contributed by atoms with Crippen molar-refractivity contribution in [2.24, 2.45) is 10.2 Å². The van der Waals surface area contributed by atoms with Crippen molar-refractivity contribution in [2.75, 3.05) is 7.11 Å². The third-order valence-corrected chi connectivity index (χ3v) is 2.34. The van der Waals surface area contributed by atoms with Crippen LogP contribution in [0.5, 0.6) is 5.75 Å². The zero-order valence-corrected chi connectivity index (χ0v) is 9.97. The minimum Gasteiger partial charge on any atom is -0.494 e. The molecule has 5 nitrogen and oxygen atoms in total. The van der Waals surface area contributed by atoms with Crippen molar-refractivity contribution >= 4 is 11.4 Å². The van der Waals surface area contributed by atoms with Crippen LogP contribution in [0.25, 0.3) is 0 Å². The molecule has 0 fully saturated rings. The molecule has 0 spiro atoms. The molecule has 2 aromatic rings. The summed E-state index contributed by atoms with van der Waals surface area (Å²) >= 11 is 0. The number of hydrogen-bond donors (Lipinski definition) is 0. The maximum Gasteiger partial charge on any atom is 0.161 e. The zero-order chi connectivity index (χ0) is 12.3. The predicted octanol–water partition coefficient (Wildman–Crippen LogP) is 3.72. The normalized spacial score (nSPS) is 11.0. The van der Waals surface area contributed by atoms with E-state index >= 15 is 0 Å². The lowest BCUT2D eigenvalue weighted by molar-refractivity contribution is 0.393. The molecule has 2 rings (SSSR count). The summed E-state index contributed by atoms with van der Waals surface area (Å²) in [4.78, 5) is 0. The Morgan fingerprint density at radius 2 is 1.94 bits per heavy atom. The number of hydrogen-bond acceptors (Lipinski definition) is 5. The number of para-hydroxylation sites is 1. The minimum absolute atomic E-state index is 0.654. The van der Waals surface area contributed by atoms with Gasteiger partial charge in [0.1, 0.15) is 17.1 Å². The smallest absolute Gasteiger partial charge is 0.161 e. The van der Waals surface area contributed by atoms with E-state index in [9.17, 15) is 0 Å². The van der Waals surface area contributed by atoms with Gasteiger partial charge in [-0.15, -0.1) is 10.2 Å². The molecule has 0 bridgehead atoms. The lowest BCUT2D eigenvalue weighted by Gasteiger charge is -2.01. The van der Waals surface area contributed by atoms with E-state index in [2.05, 4.69) is 15.4 Å². The van der Waals surface area contributed by atoms with Crippen molar-refractivity contribution in [3.8, 4) is 5.75 Å². The Labute approximate surface area is 99.1 Å². The van der Waals surface area contributed by atoms with Crippen molar-refractivity contribution in [2.45, 2.75) is 13.8 Å². The highest BCUT2D eigenvalue weighted by Gasteiger charge is 2.08. The molecular formula is C12H13N3O2. The average molecular weight is 231 g/mol. The van der Waals surface area contributed by atoms with E-state index in [4.69, 9.17) is 9.26 Å². The fourth-order valence-electron chi connectivity index (χ4n) is 1.44. The Kier molecular flexibility index (Phi) is 3.18. The first-order valence-electron chi connectivity index (χ1n) is 5.20. The number of azo groups is 1. The number of aryl methyl sites for hydroxylation is 2. The Hall–Kier alpha value is -2.17. The van der Waals surface area contributed by atoms with Crippen LogP contribution in [-0.4, -0.2) is 12.3 Å². The van der Waals surface area contributed by atoms with Crippen molar-refractivity contribution in [1.82, 2.24) is 5.16 Å². The highest BCUT2D eigenvalue weighted by Crippen LogP contribution is 2.30. The van der Waals surface area contributed by atoms with Crippen LogP contribution in [0, 0.1) is 13.8 Å². The van der Waals surface area contributed by atoms with E-state index in [1.165, 1.54) is 0 Å². The van der Waals surface area contributed by atoms with Gasteiger partial charge in [0.25, 0.3) is 0 Å². The average Bonchev–Trinajstić information content (AvgIpc) is 2.67. The van der Waals surface area contributed by atoms with Crippen LogP contribution in [0.4, 0.5) is 11.4 Å². The molecule has 88 valence electrons. The van der Waals surface area contributed by atoms with E-state index in [1.54, 1.807) is 14.0 Å². The quantitative estimate of drug-likeness (QED) is 0.756. The summed E-state index contributed by atoms with van der Waals surface area (Å²) in [6.45, 7) is 3.63. The van der Waals surface area contributed by atoms with Crippen LogP contribution < -0.4 is 4.74 Å². The van der Waals surface area contributed by atoms with E-state index in [0.29, 0.717) is 22.9 Å². The van der Waals surface area contributed by atoms with Gasteiger partial charge in [0.05, 0.1) is 7.11 Å². The Balaban J connectivity index is 2.32. The van der Waals surface area contributed by atoms with Gasteiger partial charge in [-0.2, -0.15) is 0 Å². The molecule has 1 heterocycles. The monoisotopic (exact) mass is 231 g/mol. The van der Waals surface area contributed by atoms with Crippen molar-refractivity contribution in [3.63, 3.8) is 0 Å². The van der Waals surface area contributed by atoms with Gasteiger partial charge in [-0.05, 0) is 26.0 Å². The van der Waals surface area contributed by atoms with Gasteiger partial charge in [-0.25, -0.2) is 0 Å². The van der Waals surface area contributed by atoms with Crippen molar-refractivity contribution < 1.29 is 9.26 Å². The molecule has 1 aromatic carbocycles. The summed E-state index contributed by atoms with van der Waals surface area (Å²) in [5, 5.41) is 12.1. The van der Waals surface area contributed by atoms with Crippen LogP contribution in [0.3, 0.4) is 0 Å². The van der Waals surface area contributed by atoms with Gasteiger partial charge >= 0.3 is 0 Å². The van der Waals surface area contributed by atoms with Gasteiger partial charge in [0.2, 0.25) is 0 Å². The number of aromatic nitrogens is 1. The van der Waals surface area contributed by atoms with Crippen molar-refractivity contribution in [3.05, 3.63) is 35.7 Å². The lowest BCUT2D eigenvalue weighted by Crippen LogP contribution is -1.81. The van der Waals surface area contributed by atoms with Gasteiger partial charge in [0, 0.05) is 0 Å². The molecule has 0 aliphatic rings. The molecule has 0 N–H and O–H groups in total. The Morgan fingerprint density at radius 3 is 2.59 bits per heavy atom. The third kappa shape index (κ3) is 2.33. The minimum atomic E-state index is 0.654. The first kappa shape index (κ1) is 11.3. The largest absolute Gasteiger partial charge is 0.494 e. The lowest BCUT2D eigenvalue weighted by atomic mass is 10.3. The van der Waals surface area contributed by atoms with Gasteiger partial charge in [-0.3, -0.25) is 0 Å². The SMILES string of the molecule is COc1ccccc1N=Nc1c(C)noc1C. The molecule has 0 aliphatic heterocycles. The number of methoxy groups -OCH3 is 1. The maximum atomic E-state index is 5.18. The highest BCUT2D eigenvalue weighted by atomic mass is 16.5. The number of nitrogens with zero attached hydrogens (tertiary/aromatic N) is 3. The standard InChI is InChI=1S/C12H13N3O2/c1-8-12(9(2)17-15-8)14-13-10-6-4-5-7-11(10)16-3/h4-7H,1-3H3. The van der Waals surface area contributed by atoms with Crippen LogP contribution >= 0.6 is 0 Å². The summed E-state index contributed by atoms with van der Waals surface area (Å²) in [6, 6.07) is 7.43. The van der Waals surface area contributed by atoms with E-state index in [1.807, 2.05) is 31.2 Å². The van der Waals surface area contributed by atoms with Gasteiger partial charge in [-0.1, -0.05) is 17.3 Å². The van der Waals surface area contributed by atoms with Crippen molar-refractivity contribution in [1.29, 1.82) is 0 Å². The molecule has 0 saturated carbocycles. The molecule has 0 radical (unpaired) electrons. The third-order valence-electron chi connectivity index (χ3n) is 2.34. The predicted molar refractivity (Wildman–Crippen MR) is 63.1 cm³/mol.